The maximum atomic E-state index is 4.17. The monoisotopic (exact) mass is 225 g/mol. The van der Waals surface area contributed by atoms with E-state index in [9.17, 15) is 0 Å². The average molecular weight is 225 g/mol. The molecule has 0 bridgehead atoms. The first-order valence-corrected chi connectivity index (χ1v) is 6.69. The van der Waals surface area contributed by atoms with Gasteiger partial charge >= 0.3 is 0 Å². The number of aromatic nitrogens is 2. The number of rotatable bonds is 7. The van der Waals surface area contributed by atoms with Crippen LogP contribution in [0.15, 0.2) is 17.4 Å². The van der Waals surface area contributed by atoms with Crippen LogP contribution in [0.5, 0.6) is 0 Å². The Hall–Kier alpha value is -0.770. The lowest BCUT2D eigenvalue weighted by molar-refractivity contribution is 0.684. The van der Waals surface area contributed by atoms with Gasteiger partial charge in [-0.15, -0.1) is 11.8 Å². The summed E-state index contributed by atoms with van der Waals surface area (Å²) in [6.45, 7) is 3.23. The van der Waals surface area contributed by atoms with E-state index in [4.69, 9.17) is 0 Å². The van der Waals surface area contributed by atoms with E-state index in [1.54, 1.807) is 18.1 Å². The van der Waals surface area contributed by atoms with Crippen LogP contribution < -0.4 is 5.32 Å². The first-order valence-electron chi connectivity index (χ1n) is 5.46. The molecular weight excluding hydrogens is 206 g/mol. The van der Waals surface area contributed by atoms with Crippen molar-refractivity contribution in [3.8, 4) is 0 Å². The standard InChI is InChI=1S/C11H19N3S/c1-3-4-5-6-7-12-10-8-11(15-2)14-9-13-10/h8-9H,3-7H2,1-2H3,(H,12,13,14). The summed E-state index contributed by atoms with van der Waals surface area (Å²) in [5.74, 6) is 0.936. The molecule has 1 aromatic heterocycles. The van der Waals surface area contributed by atoms with Crippen molar-refractivity contribution >= 4 is 17.6 Å². The second kappa shape index (κ2) is 7.51. The summed E-state index contributed by atoms with van der Waals surface area (Å²) in [5.41, 5.74) is 0. The number of thioether (sulfide) groups is 1. The van der Waals surface area contributed by atoms with Gasteiger partial charge < -0.3 is 5.32 Å². The van der Waals surface area contributed by atoms with E-state index in [-0.39, 0.29) is 0 Å². The molecule has 0 aliphatic carbocycles. The van der Waals surface area contributed by atoms with Crippen molar-refractivity contribution in [3.05, 3.63) is 12.4 Å². The Balaban J connectivity index is 2.24. The molecule has 0 saturated carbocycles. The van der Waals surface area contributed by atoms with Crippen LogP contribution >= 0.6 is 11.8 Å². The molecule has 0 atom stereocenters. The number of hydrogen-bond acceptors (Lipinski definition) is 4. The van der Waals surface area contributed by atoms with Crippen molar-refractivity contribution in [2.24, 2.45) is 0 Å². The molecule has 0 radical (unpaired) electrons. The normalized spacial score (nSPS) is 10.3. The molecule has 0 aliphatic heterocycles. The van der Waals surface area contributed by atoms with Gasteiger partial charge in [-0.2, -0.15) is 0 Å². The van der Waals surface area contributed by atoms with Gasteiger partial charge in [0.15, 0.2) is 0 Å². The predicted molar refractivity (Wildman–Crippen MR) is 66.4 cm³/mol. The highest BCUT2D eigenvalue weighted by Gasteiger charge is 1.96. The average Bonchev–Trinajstić information content (AvgIpc) is 2.29. The molecule has 1 rings (SSSR count). The van der Waals surface area contributed by atoms with Crippen molar-refractivity contribution in [1.82, 2.24) is 9.97 Å². The summed E-state index contributed by atoms with van der Waals surface area (Å²) in [5, 5.41) is 4.33. The van der Waals surface area contributed by atoms with Crippen LogP contribution in [0.4, 0.5) is 5.82 Å². The third kappa shape index (κ3) is 5.02. The molecule has 84 valence electrons. The topological polar surface area (TPSA) is 37.8 Å². The third-order valence-electron chi connectivity index (χ3n) is 2.19. The molecule has 1 N–H and O–H groups in total. The minimum Gasteiger partial charge on any atom is -0.370 e. The summed E-state index contributed by atoms with van der Waals surface area (Å²) < 4.78 is 0. The van der Waals surface area contributed by atoms with Crippen LogP contribution in [0.3, 0.4) is 0 Å². The molecule has 0 spiro atoms. The van der Waals surface area contributed by atoms with Gasteiger partial charge in [0.25, 0.3) is 0 Å². The molecule has 4 heteroatoms. The third-order valence-corrected chi connectivity index (χ3v) is 2.83. The number of anilines is 1. The molecule has 0 aliphatic rings. The van der Waals surface area contributed by atoms with Crippen molar-refractivity contribution in [2.75, 3.05) is 18.1 Å². The zero-order chi connectivity index (χ0) is 10.9. The summed E-state index contributed by atoms with van der Waals surface area (Å²) in [6.07, 6.45) is 8.75. The molecule has 1 aromatic rings. The maximum Gasteiger partial charge on any atom is 0.130 e. The molecule has 0 saturated heterocycles. The Morgan fingerprint density at radius 2 is 2.13 bits per heavy atom. The van der Waals surface area contributed by atoms with Crippen LogP contribution in [0.25, 0.3) is 0 Å². The molecule has 0 aromatic carbocycles. The first kappa shape index (κ1) is 12.3. The zero-order valence-electron chi connectivity index (χ0n) is 9.49. The Morgan fingerprint density at radius 1 is 1.27 bits per heavy atom. The Morgan fingerprint density at radius 3 is 2.87 bits per heavy atom. The van der Waals surface area contributed by atoms with Crippen molar-refractivity contribution in [2.45, 2.75) is 37.6 Å². The highest BCUT2D eigenvalue weighted by Crippen LogP contribution is 2.13. The van der Waals surface area contributed by atoms with E-state index >= 15 is 0 Å². The highest BCUT2D eigenvalue weighted by molar-refractivity contribution is 7.98. The van der Waals surface area contributed by atoms with Gasteiger partial charge in [0.2, 0.25) is 0 Å². The summed E-state index contributed by atoms with van der Waals surface area (Å²) in [6, 6.07) is 1.99. The lowest BCUT2D eigenvalue weighted by Crippen LogP contribution is -2.03. The van der Waals surface area contributed by atoms with E-state index in [1.807, 2.05) is 12.3 Å². The second-order valence-electron chi connectivity index (χ2n) is 3.43. The Bertz CT molecular complexity index is 278. The van der Waals surface area contributed by atoms with Gasteiger partial charge in [-0.3, -0.25) is 0 Å². The lowest BCUT2D eigenvalue weighted by Gasteiger charge is -2.05. The molecule has 1 heterocycles. The van der Waals surface area contributed by atoms with Gasteiger partial charge in [0.1, 0.15) is 17.2 Å². The fourth-order valence-corrected chi connectivity index (χ4v) is 1.70. The number of hydrogen-bond donors (Lipinski definition) is 1. The van der Waals surface area contributed by atoms with Gasteiger partial charge in [-0.1, -0.05) is 26.2 Å². The lowest BCUT2D eigenvalue weighted by atomic mass is 10.2. The predicted octanol–water partition coefficient (Wildman–Crippen LogP) is 3.19. The van der Waals surface area contributed by atoms with Crippen LogP contribution in [-0.4, -0.2) is 22.8 Å². The smallest absolute Gasteiger partial charge is 0.130 e. The Kier molecular flexibility index (Phi) is 6.16. The minimum atomic E-state index is 0.936. The number of unbranched alkanes of at least 4 members (excludes halogenated alkanes) is 3. The van der Waals surface area contributed by atoms with Crippen molar-refractivity contribution in [3.63, 3.8) is 0 Å². The molecule has 3 nitrogen and oxygen atoms in total. The molecule has 15 heavy (non-hydrogen) atoms. The summed E-state index contributed by atoms with van der Waals surface area (Å²) >= 11 is 1.64. The number of nitrogens with one attached hydrogen (secondary N) is 1. The molecule has 0 fully saturated rings. The fourth-order valence-electron chi connectivity index (χ4n) is 1.32. The fraction of sp³-hybridized carbons (Fsp3) is 0.636. The molecular formula is C11H19N3S. The number of nitrogens with zero attached hydrogens (tertiary/aromatic N) is 2. The Labute approximate surface area is 96.1 Å². The van der Waals surface area contributed by atoms with E-state index in [2.05, 4.69) is 22.2 Å². The first-order chi connectivity index (χ1) is 7.36. The summed E-state index contributed by atoms with van der Waals surface area (Å²) in [4.78, 5) is 8.30. The van der Waals surface area contributed by atoms with Crippen molar-refractivity contribution in [1.29, 1.82) is 0 Å². The van der Waals surface area contributed by atoms with Gasteiger partial charge in [0.05, 0.1) is 0 Å². The van der Waals surface area contributed by atoms with Crippen LogP contribution in [0.2, 0.25) is 0 Å². The van der Waals surface area contributed by atoms with Crippen molar-refractivity contribution < 1.29 is 0 Å². The largest absolute Gasteiger partial charge is 0.370 e. The van der Waals surface area contributed by atoms with Gasteiger partial charge in [-0.05, 0) is 12.7 Å². The summed E-state index contributed by atoms with van der Waals surface area (Å²) in [7, 11) is 0. The minimum absolute atomic E-state index is 0.936. The highest BCUT2D eigenvalue weighted by atomic mass is 32.2. The van der Waals surface area contributed by atoms with Gasteiger partial charge in [0, 0.05) is 12.6 Å². The molecule has 0 unspecified atom stereocenters. The van der Waals surface area contributed by atoms with E-state index in [1.165, 1.54) is 25.7 Å². The zero-order valence-corrected chi connectivity index (χ0v) is 10.3. The van der Waals surface area contributed by atoms with E-state index < -0.39 is 0 Å². The van der Waals surface area contributed by atoms with E-state index in [0.29, 0.717) is 0 Å². The van der Waals surface area contributed by atoms with E-state index in [0.717, 1.165) is 17.4 Å². The van der Waals surface area contributed by atoms with Crippen LogP contribution in [0, 0.1) is 0 Å². The maximum absolute atomic E-state index is 4.17. The van der Waals surface area contributed by atoms with Crippen LogP contribution in [0.1, 0.15) is 32.6 Å². The van der Waals surface area contributed by atoms with Gasteiger partial charge in [-0.25, -0.2) is 9.97 Å². The SMILES string of the molecule is CCCCCCNc1cc(SC)ncn1. The van der Waals surface area contributed by atoms with Crippen LogP contribution in [-0.2, 0) is 0 Å². The molecule has 0 amide bonds. The second-order valence-corrected chi connectivity index (χ2v) is 4.26. The quantitative estimate of drug-likeness (QED) is 0.439.